The maximum atomic E-state index is 9.21. The summed E-state index contributed by atoms with van der Waals surface area (Å²) in [6.45, 7) is 6.88. The molecule has 140 valence electrons. The molecule has 23 heavy (non-hydrogen) atoms. The largest absolute Gasteiger partial charge is 0.396 e. The van der Waals surface area contributed by atoms with Crippen LogP contribution in [0.25, 0.3) is 0 Å². The van der Waals surface area contributed by atoms with Gasteiger partial charge >= 0.3 is 0 Å². The Kier molecular flexibility index (Phi) is 17.4. The van der Waals surface area contributed by atoms with Gasteiger partial charge in [-0.05, 0) is 17.6 Å². The quantitative estimate of drug-likeness (QED) is 0.265. The number of rotatable bonds is 18. The standard InChI is InChI=1S/C21H44OS/c1-4-5-6-7-8-9-10-11-12-13-14-15-16-17-18-23-20-21(2,3)19-22/h22H,4-20H2,1-3H3. The van der Waals surface area contributed by atoms with Gasteiger partial charge in [0.1, 0.15) is 0 Å². The van der Waals surface area contributed by atoms with E-state index in [1.165, 1.54) is 95.6 Å². The molecular formula is C21H44OS. The summed E-state index contributed by atoms with van der Waals surface area (Å²) in [6.07, 6.45) is 20.0. The Labute approximate surface area is 151 Å². The lowest BCUT2D eigenvalue weighted by atomic mass is 9.98. The van der Waals surface area contributed by atoms with Crippen LogP contribution in [0.5, 0.6) is 0 Å². The van der Waals surface area contributed by atoms with Crippen LogP contribution in [0.1, 0.15) is 111 Å². The molecule has 0 heterocycles. The first-order chi connectivity index (χ1) is 11.1. The fourth-order valence-corrected chi connectivity index (χ4v) is 3.99. The van der Waals surface area contributed by atoms with Crippen molar-refractivity contribution < 1.29 is 5.11 Å². The molecule has 0 saturated heterocycles. The van der Waals surface area contributed by atoms with Crippen molar-refractivity contribution in [2.24, 2.45) is 5.41 Å². The van der Waals surface area contributed by atoms with Crippen molar-refractivity contribution in [3.05, 3.63) is 0 Å². The van der Waals surface area contributed by atoms with Crippen LogP contribution in [0.15, 0.2) is 0 Å². The maximum Gasteiger partial charge on any atom is 0.0490 e. The summed E-state index contributed by atoms with van der Waals surface area (Å²) in [6, 6.07) is 0. The highest BCUT2D eigenvalue weighted by Crippen LogP contribution is 2.22. The van der Waals surface area contributed by atoms with Gasteiger partial charge in [0.15, 0.2) is 0 Å². The molecule has 0 aliphatic rings. The molecule has 0 saturated carbocycles. The highest BCUT2D eigenvalue weighted by atomic mass is 32.2. The predicted octanol–water partition coefficient (Wildman–Crippen LogP) is 7.22. The molecule has 0 bridgehead atoms. The van der Waals surface area contributed by atoms with E-state index in [1.54, 1.807) is 0 Å². The average molecular weight is 345 g/mol. The molecule has 0 rings (SSSR count). The van der Waals surface area contributed by atoms with Gasteiger partial charge in [0, 0.05) is 12.4 Å². The Hall–Kier alpha value is 0.310. The van der Waals surface area contributed by atoms with E-state index >= 15 is 0 Å². The van der Waals surface area contributed by atoms with Gasteiger partial charge in [-0.15, -0.1) is 0 Å². The zero-order valence-corrected chi connectivity index (χ0v) is 17.2. The number of aliphatic hydroxyl groups is 1. The van der Waals surface area contributed by atoms with Gasteiger partial charge in [-0.2, -0.15) is 11.8 Å². The first kappa shape index (κ1) is 23.3. The third kappa shape index (κ3) is 18.5. The first-order valence-electron chi connectivity index (χ1n) is 10.3. The smallest absolute Gasteiger partial charge is 0.0490 e. The Morgan fingerprint density at radius 1 is 0.652 bits per heavy atom. The van der Waals surface area contributed by atoms with E-state index in [9.17, 15) is 5.11 Å². The minimum absolute atomic E-state index is 0.0979. The van der Waals surface area contributed by atoms with Gasteiger partial charge in [0.05, 0.1) is 0 Å². The molecule has 0 aliphatic carbocycles. The van der Waals surface area contributed by atoms with Crippen LogP contribution in [0.4, 0.5) is 0 Å². The lowest BCUT2D eigenvalue weighted by Crippen LogP contribution is -2.19. The van der Waals surface area contributed by atoms with Crippen molar-refractivity contribution in [1.29, 1.82) is 0 Å². The molecular weight excluding hydrogens is 300 g/mol. The maximum absolute atomic E-state index is 9.21. The number of hydrogen-bond acceptors (Lipinski definition) is 2. The van der Waals surface area contributed by atoms with Crippen molar-refractivity contribution in [3.8, 4) is 0 Å². The van der Waals surface area contributed by atoms with Crippen LogP contribution in [0.2, 0.25) is 0 Å². The lowest BCUT2D eigenvalue weighted by Gasteiger charge is -2.20. The fourth-order valence-electron chi connectivity index (χ4n) is 2.79. The molecule has 0 atom stereocenters. The van der Waals surface area contributed by atoms with Crippen LogP contribution in [-0.2, 0) is 0 Å². The Morgan fingerprint density at radius 3 is 1.43 bits per heavy atom. The molecule has 2 heteroatoms. The second kappa shape index (κ2) is 17.1. The van der Waals surface area contributed by atoms with Gasteiger partial charge < -0.3 is 5.11 Å². The number of thioether (sulfide) groups is 1. The third-order valence-electron chi connectivity index (χ3n) is 4.56. The van der Waals surface area contributed by atoms with E-state index in [4.69, 9.17) is 0 Å². The zero-order chi connectivity index (χ0) is 17.2. The van der Waals surface area contributed by atoms with E-state index in [0.717, 1.165) is 5.75 Å². The van der Waals surface area contributed by atoms with Crippen molar-refractivity contribution in [3.63, 3.8) is 0 Å². The van der Waals surface area contributed by atoms with Gasteiger partial charge in [0.2, 0.25) is 0 Å². The SMILES string of the molecule is CCCCCCCCCCCCCCCCSCC(C)(C)CO. The Bertz CT molecular complexity index is 228. The zero-order valence-electron chi connectivity index (χ0n) is 16.4. The van der Waals surface area contributed by atoms with Crippen LogP contribution >= 0.6 is 11.8 Å². The second-order valence-corrected chi connectivity index (χ2v) is 9.08. The number of hydrogen-bond donors (Lipinski definition) is 1. The van der Waals surface area contributed by atoms with Gasteiger partial charge in [-0.1, -0.05) is 104 Å². The van der Waals surface area contributed by atoms with Crippen LogP contribution in [-0.4, -0.2) is 23.2 Å². The van der Waals surface area contributed by atoms with E-state index in [0.29, 0.717) is 6.61 Å². The monoisotopic (exact) mass is 344 g/mol. The van der Waals surface area contributed by atoms with Crippen molar-refractivity contribution in [2.75, 3.05) is 18.1 Å². The predicted molar refractivity (Wildman–Crippen MR) is 109 cm³/mol. The molecule has 1 N–H and O–H groups in total. The fraction of sp³-hybridized carbons (Fsp3) is 1.00. The Balaban J connectivity index is 3.05. The summed E-state index contributed by atoms with van der Waals surface area (Å²) >= 11 is 2.01. The normalized spacial score (nSPS) is 12.0. The highest BCUT2D eigenvalue weighted by Gasteiger charge is 2.15. The topological polar surface area (TPSA) is 20.2 Å². The molecule has 0 aromatic rings. The highest BCUT2D eigenvalue weighted by molar-refractivity contribution is 7.99. The van der Waals surface area contributed by atoms with E-state index < -0.39 is 0 Å². The molecule has 0 aromatic heterocycles. The van der Waals surface area contributed by atoms with Gasteiger partial charge in [-0.25, -0.2) is 0 Å². The van der Waals surface area contributed by atoms with E-state index in [2.05, 4.69) is 20.8 Å². The van der Waals surface area contributed by atoms with Crippen molar-refractivity contribution in [2.45, 2.75) is 111 Å². The molecule has 0 spiro atoms. The van der Waals surface area contributed by atoms with Crippen LogP contribution in [0, 0.1) is 5.41 Å². The van der Waals surface area contributed by atoms with Crippen LogP contribution < -0.4 is 0 Å². The van der Waals surface area contributed by atoms with Gasteiger partial charge in [-0.3, -0.25) is 0 Å². The summed E-state index contributed by atoms with van der Waals surface area (Å²) in [5.41, 5.74) is 0.0979. The van der Waals surface area contributed by atoms with E-state index in [1.807, 2.05) is 11.8 Å². The Morgan fingerprint density at radius 2 is 1.04 bits per heavy atom. The van der Waals surface area contributed by atoms with Crippen LogP contribution in [0.3, 0.4) is 0 Å². The molecule has 0 fully saturated rings. The molecule has 0 aromatic carbocycles. The second-order valence-electron chi connectivity index (χ2n) is 7.97. The molecule has 0 amide bonds. The van der Waals surface area contributed by atoms with Gasteiger partial charge in [0.25, 0.3) is 0 Å². The summed E-state index contributed by atoms with van der Waals surface area (Å²) < 4.78 is 0. The summed E-state index contributed by atoms with van der Waals surface area (Å²) in [7, 11) is 0. The number of unbranched alkanes of at least 4 members (excludes halogenated alkanes) is 13. The number of aliphatic hydroxyl groups excluding tert-OH is 1. The first-order valence-corrected chi connectivity index (χ1v) is 11.5. The average Bonchev–Trinajstić information content (AvgIpc) is 2.54. The van der Waals surface area contributed by atoms with E-state index in [-0.39, 0.29) is 5.41 Å². The summed E-state index contributed by atoms with van der Waals surface area (Å²) in [5.74, 6) is 2.35. The van der Waals surface area contributed by atoms with Crippen molar-refractivity contribution >= 4 is 11.8 Å². The summed E-state index contributed by atoms with van der Waals surface area (Å²) in [5, 5.41) is 9.21. The minimum atomic E-state index is 0.0979. The lowest BCUT2D eigenvalue weighted by molar-refractivity contribution is 0.180. The minimum Gasteiger partial charge on any atom is -0.396 e. The molecule has 0 aliphatic heterocycles. The third-order valence-corrected chi connectivity index (χ3v) is 6.13. The molecule has 0 radical (unpaired) electrons. The molecule has 1 nitrogen and oxygen atoms in total. The van der Waals surface area contributed by atoms with Crippen molar-refractivity contribution in [1.82, 2.24) is 0 Å². The summed E-state index contributed by atoms with van der Waals surface area (Å²) in [4.78, 5) is 0. The molecule has 0 unspecified atom stereocenters.